The topological polar surface area (TPSA) is 49.7 Å². The summed E-state index contributed by atoms with van der Waals surface area (Å²) in [7, 11) is 0. The number of rotatable bonds is 0. The number of aromatic hydroxyl groups is 2. The van der Waals surface area contributed by atoms with E-state index in [2.05, 4.69) is 0 Å². The molecule has 0 bridgehead atoms. The highest BCUT2D eigenvalue weighted by molar-refractivity contribution is 5.77. The fourth-order valence-electron chi connectivity index (χ4n) is 2.05. The molecule has 0 saturated heterocycles. The van der Waals surface area contributed by atoms with E-state index in [1.54, 1.807) is 0 Å². The van der Waals surface area contributed by atoms with Gasteiger partial charge < -0.3 is 14.9 Å². The van der Waals surface area contributed by atoms with Gasteiger partial charge in [-0.2, -0.15) is 4.39 Å². The van der Waals surface area contributed by atoms with Crippen LogP contribution in [0.4, 0.5) is 8.78 Å². The first-order chi connectivity index (χ1) is 8.59. The highest BCUT2D eigenvalue weighted by Gasteiger charge is 2.25. The Morgan fingerprint density at radius 3 is 2.22 bits per heavy atom. The molecule has 2 aromatic carbocycles. The summed E-state index contributed by atoms with van der Waals surface area (Å²) in [6.07, 6.45) is 0. The minimum atomic E-state index is -0.869. The summed E-state index contributed by atoms with van der Waals surface area (Å²) < 4.78 is 32.4. The Bertz CT molecular complexity index is 596. The smallest absolute Gasteiger partial charge is 0.207 e. The van der Waals surface area contributed by atoms with Gasteiger partial charge in [0.2, 0.25) is 5.82 Å². The molecule has 0 radical (unpaired) electrons. The molecule has 0 unspecified atom stereocenters. The molecule has 2 aromatic rings. The molecule has 0 fully saturated rings. The fraction of sp³-hybridized carbons (Fsp3) is 0.0769. The number of phenolic OH excluding ortho intramolecular Hbond substituents is 2. The molecule has 5 heteroatoms. The van der Waals surface area contributed by atoms with E-state index >= 15 is 0 Å². The standard InChI is InChI=1S/C13H8F2O3/c14-11-8-5-18-13-7(2-4-10(17)12(13)15)6(8)1-3-9(11)16/h1-4,16-17H,5H2. The molecule has 3 rings (SSSR count). The van der Waals surface area contributed by atoms with Crippen molar-refractivity contribution in [1.29, 1.82) is 0 Å². The minimum Gasteiger partial charge on any atom is -0.505 e. The molecule has 0 aliphatic carbocycles. The molecule has 3 nitrogen and oxygen atoms in total. The number of ether oxygens (including phenoxy) is 1. The van der Waals surface area contributed by atoms with Gasteiger partial charge in [0, 0.05) is 11.1 Å². The van der Waals surface area contributed by atoms with Crippen LogP contribution in [-0.4, -0.2) is 10.2 Å². The molecule has 1 aliphatic heterocycles. The van der Waals surface area contributed by atoms with E-state index in [-0.39, 0.29) is 17.9 Å². The Morgan fingerprint density at radius 2 is 1.50 bits per heavy atom. The third kappa shape index (κ3) is 1.33. The summed E-state index contributed by atoms with van der Waals surface area (Å²) in [5, 5.41) is 18.5. The van der Waals surface area contributed by atoms with Crippen molar-refractivity contribution in [3.05, 3.63) is 41.5 Å². The summed E-state index contributed by atoms with van der Waals surface area (Å²) in [6.45, 7) is -0.192. The second-order valence-corrected chi connectivity index (χ2v) is 3.99. The van der Waals surface area contributed by atoms with E-state index in [4.69, 9.17) is 4.74 Å². The number of fused-ring (bicyclic) bond motifs is 3. The molecular formula is C13H8F2O3. The van der Waals surface area contributed by atoms with E-state index in [0.717, 1.165) is 0 Å². The lowest BCUT2D eigenvalue weighted by Gasteiger charge is -2.22. The Hall–Kier alpha value is -2.30. The van der Waals surface area contributed by atoms with Gasteiger partial charge in [0.25, 0.3) is 0 Å². The highest BCUT2D eigenvalue weighted by Crippen LogP contribution is 2.43. The second-order valence-electron chi connectivity index (χ2n) is 3.99. The van der Waals surface area contributed by atoms with Crippen LogP contribution in [0.2, 0.25) is 0 Å². The van der Waals surface area contributed by atoms with Gasteiger partial charge in [-0.3, -0.25) is 0 Å². The molecule has 0 spiro atoms. The monoisotopic (exact) mass is 250 g/mol. The van der Waals surface area contributed by atoms with Gasteiger partial charge in [-0.1, -0.05) is 0 Å². The first kappa shape index (κ1) is 10.8. The largest absolute Gasteiger partial charge is 0.505 e. The molecule has 0 saturated carbocycles. The molecule has 1 aliphatic rings. The Labute approximate surface area is 101 Å². The molecule has 92 valence electrons. The average Bonchev–Trinajstić information content (AvgIpc) is 2.38. The maximum absolute atomic E-state index is 13.7. The lowest BCUT2D eigenvalue weighted by Crippen LogP contribution is -2.09. The molecule has 2 N–H and O–H groups in total. The van der Waals surface area contributed by atoms with Crippen molar-refractivity contribution in [2.24, 2.45) is 0 Å². The van der Waals surface area contributed by atoms with Gasteiger partial charge in [-0.05, 0) is 29.8 Å². The van der Waals surface area contributed by atoms with E-state index in [1.165, 1.54) is 24.3 Å². The molecule has 1 heterocycles. The van der Waals surface area contributed by atoms with Crippen LogP contribution in [0.15, 0.2) is 24.3 Å². The van der Waals surface area contributed by atoms with Crippen molar-refractivity contribution in [3.8, 4) is 28.4 Å². The van der Waals surface area contributed by atoms with Crippen LogP contribution in [0, 0.1) is 11.6 Å². The summed E-state index contributed by atoms with van der Waals surface area (Å²) in [4.78, 5) is 0. The SMILES string of the molecule is Oc1ccc2c(c1F)COc1c-2ccc(O)c1F. The summed E-state index contributed by atoms with van der Waals surface area (Å²) in [6, 6.07) is 5.32. The maximum Gasteiger partial charge on any atom is 0.207 e. The molecular weight excluding hydrogens is 242 g/mol. The molecule has 0 atom stereocenters. The van der Waals surface area contributed by atoms with Gasteiger partial charge in [-0.15, -0.1) is 0 Å². The molecule has 0 aromatic heterocycles. The lowest BCUT2D eigenvalue weighted by molar-refractivity contribution is 0.273. The van der Waals surface area contributed by atoms with Crippen molar-refractivity contribution in [3.63, 3.8) is 0 Å². The normalized spacial score (nSPS) is 12.6. The van der Waals surface area contributed by atoms with Crippen molar-refractivity contribution < 1.29 is 23.7 Å². The molecule has 18 heavy (non-hydrogen) atoms. The van der Waals surface area contributed by atoms with E-state index < -0.39 is 23.1 Å². The quantitative estimate of drug-likeness (QED) is 0.755. The average molecular weight is 250 g/mol. The Morgan fingerprint density at radius 1 is 0.889 bits per heavy atom. The van der Waals surface area contributed by atoms with Gasteiger partial charge in [0.05, 0.1) is 0 Å². The Kier molecular flexibility index (Phi) is 2.16. The van der Waals surface area contributed by atoms with E-state index in [9.17, 15) is 19.0 Å². The van der Waals surface area contributed by atoms with Crippen LogP contribution in [0.1, 0.15) is 5.56 Å². The van der Waals surface area contributed by atoms with Crippen LogP contribution in [0.5, 0.6) is 17.2 Å². The zero-order valence-electron chi connectivity index (χ0n) is 9.08. The zero-order valence-corrected chi connectivity index (χ0v) is 9.08. The van der Waals surface area contributed by atoms with Crippen LogP contribution in [0.3, 0.4) is 0 Å². The maximum atomic E-state index is 13.7. The summed E-state index contributed by atoms with van der Waals surface area (Å²) in [5.74, 6) is -2.73. The predicted octanol–water partition coefficient (Wildman–Crippen LogP) is 2.94. The number of halogens is 2. The number of hydrogen-bond donors (Lipinski definition) is 2. The van der Waals surface area contributed by atoms with Crippen molar-refractivity contribution in [1.82, 2.24) is 0 Å². The molecule has 0 amide bonds. The lowest BCUT2D eigenvalue weighted by atomic mass is 9.96. The first-order valence-electron chi connectivity index (χ1n) is 5.24. The van der Waals surface area contributed by atoms with Crippen LogP contribution in [0.25, 0.3) is 11.1 Å². The van der Waals surface area contributed by atoms with E-state index in [1.807, 2.05) is 0 Å². The van der Waals surface area contributed by atoms with Gasteiger partial charge in [0.15, 0.2) is 23.1 Å². The van der Waals surface area contributed by atoms with Gasteiger partial charge in [0.1, 0.15) is 6.61 Å². The van der Waals surface area contributed by atoms with Crippen LogP contribution >= 0.6 is 0 Å². The van der Waals surface area contributed by atoms with Gasteiger partial charge in [-0.25, -0.2) is 4.39 Å². The van der Waals surface area contributed by atoms with Crippen LogP contribution in [-0.2, 0) is 6.61 Å². The van der Waals surface area contributed by atoms with Crippen LogP contribution < -0.4 is 4.74 Å². The Balaban J connectivity index is 2.31. The highest BCUT2D eigenvalue weighted by atomic mass is 19.1. The van der Waals surface area contributed by atoms with Crippen molar-refractivity contribution in [2.45, 2.75) is 6.61 Å². The van der Waals surface area contributed by atoms with Crippen molar-refractivity contribution in [2.75, 3.05) is 0 Å². The van der Waals surface area contributed by atoms with Crippen molar-refractivity contribution >= 4 is 0 Å². The van der Waals surface area contributed by atoms with Gasteiger partial charge >= 0.3 is 0 Å². The third-order valence-electron chi connectivity index (χ3n) is 2.95. The summed E-state index contributed by atoms with van der Waals surface area (Å²) in [5.41, 5.74) is 0.975. The minimum absolute atomic E-state index is 0.104. The second kappa shape index (κ2) is 3.60. The number of phenols is 2. The first-order valence-corrected chi connectivity index (χ1v) is 5.24. The zero-order chi connectivity index (χ0) is 12.9. The van der Waals surface area contributed by atoms with E-state index in [0.29, 0.717) is 11.1 Å². The third-order valence-corrected chi connectivity index (χ3v) is 2.95. The predicted molar refractivity (Wildman–Crippen MR) is 59.5 cm³/mol. The summed E-state index contributed by atoms with van der Waals surface area (Å²) >= 11 is 0. The number of benzene rings is 2. The number of hydrogen-bond acceptors (Lipinski definition) is 3. The fourth-order valence-corrected chi connectivity index (χ4v) is 2.05.